The average Bonchev–Trinajstić information content (AvgIpc) is 3.16. The predicted octanol–water partition coefficient (Wildman–Crippen LogP) is 3.83. The van der Waals surface area contributed by atoms with Crippen molar-refractivity contribution < 1.29 is 18.0 Å². The molecule has 1 aromatic heterocycles. The van der Waals surface area contributed by atoms with Gasteiger partial charge in [-0.1, -0.05) is 6.92 Å². The van der Waals surface area contributed by atoms with Crippen molar-refractivity contribution in [3.8, 4) is 0 Å². The molecule has 0 fully saturated rings. The van der Waals surface area contributed by atoms with Gasteiger partial charge in [-0.05, 0) is 37.6 Å². The van der Waals surface area contributed by atoms with E-state index in [9.17, 15) is 18.0 Å². The number of alkyl halides is 3. The van der Waals surface area contributed by atoms with Crippen molar-refractivity contribution in [2.45, 2.75) is 33.0 Å². The molecule has 11 heteroatoms. The van der Waals surface area contributed by atoms with Gasteiger partial charge in [-0.25, -0.2) is 9.98 Å². The molecule has 2 aromatic rings. The molecule has 6 nitrogen and oxygen atoms in total. The highest BCUT2D eigenvalue weighted by Crippen LogP contribution is 2.29. The van der Waals surface area contributed by atoms with Gasteiger partial charge in [-0.3, -0.25) is 4.79 Å². The third-order valence-corrected chi connectivity index (χ3v) is 4.97. The predicted molar refractivity (Wildman–Crippen MR) is 124 cm³/mol. The van der Waals surface area contributed by atoms with Crippen molar-refractivity contribution in [3.63, 3.8) is 0 Å². The minimum Gasteiger partial charge on any atom is -0.357 e. The van der Waals surface area contributed by atoms with Crippen LogP contribution in [-0.4, -0.2) is 36.5 Å². The molecule has 166 valence electrons. The van der Waals surface area contributed by atoms with E-state index in [2.05, 4.69) is 32.9 Å². The number of nitrogens with one attached hydrogen (secondary N) is 3. The first kappa shape index (κ1) is 26.1. The highest BCUT2D eigenvalue weighted by atomic mass is 127. The first-order valence-electron chi connectivity index (χ1n) is 9.24. The molecule has 0 radical (unpaired) electrons. The number of hydrogen-bond acceptors (Lipinski definition) is 4. The number of aromatic nitrogens is 1. The SMILES string of the molecule is CCNC(=NCc1ncc(CC)s1)NCCNC(=O)c1ccc(C(F)(F)F)cc1.I. The number of guanidine groups is 1. The van der Waals surface area contributed by atoms with Gasteiger partial charge in [0.15, 0.2) is 5.96 Å². The van der Waals surface area contributed by atoms with E-state index in [1.807, 2.05) is 13.1 Å². The van der Waals surface area contributed by atoms with Crippen LogP contribution in [0, 0.1) is 0 Å². The number of rotatable bonds is 8. The molecule has 1 heterocycles. The summed E-state index contributed by atoms with van der Waals surface area (Å²) >= 11 is 1.62. The number of carbonyl (C=O) groups excluding carboxylic acids is 1. The number of carbonyl (C=O) groups is 1. The topological polar surface area (TPSA) is 78.4 Å². The fourth-order valence-corrected chi connectivity index (χ4v) is 3.13. The molecule has 2 rings (SSSR count). The Bertz CT molecular complexity index is 824. The molecule has 3 N–H and O–H groups in total. The van der Waals surface area contributed by atoms with Crippen molar-refractivity contribution in [1.82, 2.24) is 20.9 Å². The molecule has 0 saturated heterocycles. The van der Waals surface area contributed by atoms with Crippen molar-refractivity contribution in [2.75, 3.05) is 19.6 Å². The fourth-order valence-electron chi connectivity index (χ4n) is 2.34. The van der Waals surface area contributed by atoms with Gasteiger partial charge < -0.3 is 16.0 Å². The van der Waals surface area contributed by atoms with E-state index in [1.165, 1.54) is 4.88 Å². The Morgan fingerprint density at radius 2 is 1.77 bits per heavy atom. The van der Waals surface area contributed by atoms with Crippen molar-refractivity contribution in [3.05, 3.63) is 51.5 Å². The van der Waals surface area contributed by atoms with Gasteiger partial charge in [0.2, 0.25) is 0 Å². The van der Waals surface area contributed by atoms with E-state index >= 15 is 0 Å². The summed E-state index contributed by atoms with van der Waals surface area (Å²) in [7, 11) is 0. The molecule has 30 heavy (non-hydrogen) atoms. The number of aryl methyl sites for hydroxylation is 1. The van der Waals surface area contributed by atoms with Gasteiger partial charge in [0.1, 0.15) is 5.01 Å². The average molecular weight is 555 g/mol. The number of halogens is 4. The van der Waals surface area contributed by atoms with Gasteiger partial charge in [0.05, 0.1) is 12.1 Å². The Kier molecular flexibility index (Phi) is 11.1. The number of aliphatic imine (C=N–C) groups is 1. The smallest absolute Gasteiger partial charge is 0.357 e. The lowest BCUT2D eigenvalue weighted by Crippen LogP contribution is -2.41. The van der Waals surface area contributed by atoms with E-state index in [1.54, 1.807) is 11.3 Å². The van der Waals surface area contributed by atoms with Crippen LogP contribution in [0.3, 0.4) is 0 Å². The minimum atomic E-state index is -4.42. The molecule has 0 aliphatic rings. The summed E-state index contributed by atoms with van der Waals surface area (Å²) < 4.78 is 37.7. The van der Waals surface area contributed by atoms with E-state index in [-0.39, 0.29) is 29.5 Å². The second-order valence-corrected chi connectivity index (χ2v) is 7.23. The molecule has 0 atom stereocenters. The van der Waals surface area contributed by atoms with Crippen LogP contribution >= 0.6 is 35.3 Å². The van der Waals surface area contributed by atoms with Crippen LogP contribution in [0.25, 0.3) is 0 Å². The van der Waals surface area contributed by atoms with Crippen LogP contribution in [-0.2, 0) is 19.1 Å². The van der Waals surface area contributed by atoms with Crippen molar-refractivity contribution in [1.29, 1.82) is 0 Å². The van der Waals surface area contributed by atoms with Crippen LogP contribution < -0.4 is 16.0 Å². The van der Waals surface area contributed by atoms with Crippen LogP contribution in [0.5, 0.6) is 0 Å². The Morgan fingerprint density at radius 1 is 1.10 bits per heavy atom. The van der Waals surface area contributed by atoms with E-state index in [0.29, 0.717) is 32.1 Å². The highest BCUT2D eigenvalue weighted by molar-refractivity contribution is 14.0. The van der Waals surface area contributed by atoms with Crippen molar-refractivity contribution in [2.24, 2.45) is 4.99 Å². The first-order valence-corrected chi connectivity index (χ1v) is 10.1. The molecule has 0 aliphatic carbocycles. The summed E-state index contributed by atoms with van der Waals surface area (Å²) in [6.07, 6.45) is -1.62. The molecule has 0 unspecified atom stereocenters. The second kappa shape index (κ2) is 12.7. The monoisotopic (exact) mass is 555 g/mol. The standard InChI is InChI=1S/C19H24F3N5OS.HI/c1-3-15-11-26-16(29-15)12-27-18(23-4-2)25-10-9-24-17(28)13-5-7-14(8-6-13)19(20,21)22;/h5-8,11H,3-4,9-10,12H2,1-2H3,(H,24,28)(H2,23,25,27);1H. The maximum atomic E-state index is 12.6. The van der Waals surface area contributed by atoms with Gasteiger partial charge in [0, 0.05) is 36.3 Å². The van der Waals surface area contributed by atoms with E-state index in [0.717, 1.165) is 35.7 Å². The third-order valence-electron chi connectivity index (χ3n) is 3.84. The van der Waals surface area contributed by atoms with Gasteiger partial charge in [-0.15, -0.1) is 35.3 Å². The third kappa shape index (κ3) is 8.46. The zero-order chi connectivity index (χ0) is 21.3. The van der Waals surface area contributed by atoms with E-state index < -0.39 is 17.6 Å². The highest BCUT2D eigenvalue weighted by Gasteiger charge is 2.30. The zero-order valence-electron chi connectivity index (χ0n) is 16.7. The quantitative estimate of drug-likeness (QED) is 0.200. The summed E-state index contributed by atoms with van der Waals surface area (Å²) in [5.74, 6) is 0.168. The fraction of sp³-hybridized carbons (Fsp3) is 0.421. The normalized spacial score (nSPS) is 11.6. The first-order chi connectivity index (χ1) is 13.8. The second-order valence-electron chi connectivity index (χ2n) is 6.03. The number of nitrogens with zero attached hydrogens (tertiary/aromatic N) is 2. The molecular formula is C19H25F3IN5OS. The Hall–Kier alpha value is -1.89. The summed E-state index contributed by atoms with van der Waals surface area (Å²) in [6, 6.07) is 4.11. The van der Waals surface area contributed by atoms with Gasteiger partial charge in [-0.2, -0.15) is 13.2 Å². The summed E-state index contributed by atoms with van der Waals surface area (Å²) in [5, 5.41) is 9.80. The molecule has 1 aromatic carbocycles. The van der Waals surface area contributed by atoms with Gasteiger partial charge in [0.25, 0.3) is 5.91 Å². The molecule has 0 saturated carbocycles. The Labute approximate surface area is 194 Å². The molecule has 1 amide bonds. The minimum absolute atomic E-state index is 0. The number of hydrogen-bond donors (Lipinski definition) is 3. The maximum absolute atomic E-state index is 12.6. The summed E-state index contributed by atoms with van der Waals surface area (Å²) in [5.41, 5.74) is -0.609. The zero-order valence-corrected chi connectivity index (χ0v) is 19.8. The number of amides is 1. The van der Waals surface area contributed by atoms with Gasteiger partial charge >= 0.3 is 6.18 Å². The van der Waals surface area contributed by atoms with E-state index in [4.69, 9.17) is 0 Å². The van der Waals surface area contributed by atoms with Crippen LogP contribution in [0.2, 0.25) is 0 Å². The Balaban J connectivity index is 0.00000450. The lowest BCUT2D eigenvalue weighted by Gasteiger charge is -2.12. The molecular weight excluding hydrogens is 530 g/mol. The summed E-state index contributed by atoms with van der Waals surface area (Å²) in [4.78, 5) is 22.0. The number of thiazole rings is 1. The molecule has 0 bridgehead atoms. The maximum Gasteiger partial charge on any atom is 0.416 e. The Morgan fingerprint density at radius 3 is 2.33 bits per heavy atom. The van der Waals surface area contributed by atoms with Crippen LogP contribution in [0.4, 0.5) is 13.2 Å². The lowest BCUT2D eigenvalue weighted by atomic mass is 10.1. The number of benzene rings is 1. The largest absolute Gasteiger partial charge is 0.416 e. The summed E-state index contributed by atoms with van der Waals surface area (Å²) in [6.45, 7) is 5.87. The van der Waals surface area contributed by atoms with Crippen LogP contribution in [0.15, 0.2) is 35.5 Å². The van der Waals surface area contributed by atoms with Crippen LogP contribution in [0.1, 0.15) is 39.7 Å². The molecule has 0 aliphatic heterocycles. The van der Waals surface area contributed by atoms with Crippen molar-refractivity contribution >= 4 is 47.2 Å². The molecule has 0 spiro atoms. The lowest BCUT2D eigenvalue weighted by molar-refractivity contribution is -0.137.